The first-order chi connectivity index (χ1) is 10.9. The molecule has 0 aliphatic rings. The van der Waals surface area contributed by atoms with Crippen LogP contribution in [-0.2, 0) is 7.05 Å². The molecular formula is C14H18N4O5. The van der Waals surface area contributed by atoms with Gasteiger partial charge >= 0.3 is 6.09 Å². The van der Waals surface area contributed by atoms with Crippen molar-refractivity contribution in [3.63, 3.8) is 0 Å². The molecule has 2 rings (SSSR count). The summed E-state index contributed by atoms with van der Waals surface area (Å²) in [5, 5.41) is 9.92. The van der Waals surface area contributed by atoms with Crippen molar-refractivity contribution in [3.05, 3.63) is 22.5 Å². The number of hydrogen-bond acceptors (Lipinski definition) is 6. The highest BCUT2D eigenvalue weighted by Crippen LogP contribution is 2.30. The first-order valence-electron chi connectivity index (χ1n) is 6.82. The zero-order chi connectivity index (χ0) is 17.1. The van der Waals surface area contributed by atoms with Crippen molar-refractivity contribution in [1.29, 1.82) is 0 Å². The summed E-state index contributed by atoms with van der Waals surface area (Å²) in [7, 11) is 4.56. The number of anilines is 1. The second kappa shape index (κ2) is 6.42. The van der Waals surface area contributed by atoms with Crippen LogP contribution in [0.2, 0.25) is 0 Å². The van der Waals surface area contributed by atoms with Crippen molar-refractivity contribution < 1.29 is 19.4 Å². The molecule has 0 aliphatic carbocycles. The van der Waals surface area contributed by atoms with E-state index in [9.17, 15) is 9.59 Å². The van der Waals surface area contributed by atoms with E-state index in [2.05, 4.69) is 10.4 Å². The van der Waals surface area contributed by atoms with Crippen molar-refractivity contribution in [1.82, 2.24) is 14.6 Å². The summed E-state index contributed by atoms with van der Waals surface area (Å²) >= 11 is 0. The number of ether oxygens (including phenoxy) is 2. The lowest BCUT2D eigenvalue weighted by Crippen LogP contribution is -2.38. The van der Waals surface area contributed by atoms with Crippen LogP contribution in [0.15, 0.2) is 16.9 Å². The van der Waals surface area contributed by atoms with Crippen LogP contribution in [-0.4, -0.2) is 46.5 Å². The number of benzene rings is 1. The van der Waals surface area contributed by atoms with E-state index in [4.69, 9.17) is 14.6 Å². The van der Waals surface area contributed by atoms with E-state index in [-0.39, 0.29) is 12.4 Å². The number of hydrazine groups is 1. The van der Waals surface area contributed by atoms with Crippen LogP contribution in [0.5, 0.6) is 11.5 Å². The van der Waals surface area contributed by atoms with Crippen molar-refractivity contribution >= 4 is 22.9 Å². The maximum absolute atomic E-state index is 12.4. The SMILES string of the molecule is CCN(Nc1nc2cc(OC)c(OC)cc2n(C)c1=O)C(=O)O. The zero-order valence-corrected chi connectivity index (χ0v) is 13.3. The van der Waals surface area contributed by atoms with Gasteiger partial charge in [0.2, 0.25) is 5.82 Å². The van der Waals surface area contributed by atoms with Gasteiger partial charge in [0.25, 0.3) is 5.56 Å². The largest absolute Gasteiger partial charge is 0.493 e. The fourth-order valence-electron chi connectivity index (χ4n) is 2.12. The highest BCUT2D eigenvalue weighted by molar-refractivity contribution is 5.81. The van der Waals surface area contributed by atoms with Crippen LogP contribution < -0.4 is 20.5 Å². The maximum atomic E-state index is 12.4. The summed E-state index contributed by atoms with van der Waals surface area (Å²) in [4.78, 5) is 27.6. The number of rotatable bonds is 5. The zero-order valence-electron chi connectivity index (χ0n) is 13.3. The van der Waals surface area contributed by atoms with Crippen LogP contribution in [0.25, 0.3) is 11.0 Å². The molecule has 0 aliphatic heterocycles. The van der Waals surface area contributed by atoms with Gasteiger partial charge in [-0.15, -0.1) is 0 Å². The van der Waals surface area contributed by atoms with E-state index in [1.54, 1.807) is 26.1 Å². The summed E-state index contributed by atoms with van der Waals surface area (Å²) in [5.41, 5.74) is 3.06. The molecule has 9 heteroatoms. The van der Waals surface area contributed by atoms with Gasteiger partial charge in [0.1, 0.15) is 0 Å². The van der Waals surface area contributed by atoms with Crippen molar-refractivity contribution in [2.75, 3.05) is 26.2 Å². The average molecular weight is 322 g/mol. The van der Waals surface area contributed by atoms with Crippen LogP contribution >= 0.6 is 0 Å². The molecule has 0 atom stereocenters. The minimum Gasteiger partial charge on any atom is -0.493 e. The second-order valence-electron chi connectivity index (χ2n) is 4.66. The quantitative estimate of drug-likeness (QED) is 0.799. The van der Waals surface area contributed by atoms with Crippen LogP contribution in [0.4, 0.5) is 10.6 Å². The van der Waals surface area contributed by atoms with Gasteiger partial charge in [-0.1, -0.05) is 0 Å². The highest BCUT2D eigenvalue weighted by Gasteiger charge is 2.16. The van der Waals surface area contributed by atoms with Crippen LogP contribution in [0.3, 0.4) is 0 Å². The van der Waals surface area contributed by atoms with Crippen LogP contribution in [0, 0.1) is 0 Å². The molecule has 0 radical (unpaired) electrons. The molecule has 0 unspecified atom stereocenters. The number of nitrogens with one attached hydrogen (secondary N) is 1. The Morgan fingerprint density at radius 3 is 2.48 bits per heavy atom. The molecule has 0 saturated carbocycles. The number of amides is 1. The lowest BCUT2D eigenvalue weighted by Gasteiger charge is -2.19. The van der Waals surface area contributed by atoms with Gasteiger partial charge in [0.05, 0.1) is 25.3 Å². The molecule has 2 N–H and O–H groups in total. The Morgan fingerprint density at radius 1 is 1.35 bits per heavy atom. The predicted octanol–water partition coefficient (Wildman–Crippen LogP) is 1.28. The van der Waals surface area contributed by atoms with Gasteiger partial charge in [-0.05, 0) is 6.92 Å². The Balaban J connectivity index is 2.63. The fourth-order valence-corrected chi connectivity index (χ4v) is 2.12. The summed E-state index contributed by atoms with van der Waals surface area (Å²) in [6, 6.07) is 3.26. The van der Waals surface area contributed by atoms with E-state index in [0.717, 1.165) is 5.01 Å². The van der Waals surface area contributed by atoms with E-state index < -0.39 is 11.7 Å². The minimum absolute atomic E-state index is 0.0866. The fraction of sp³-hybridized carbons (Fsp3) is 0.357. The number of aromatic nitrogens is 2. The minimum atomic E-state index is -1.20. The van der Waals surface area contributed by atoms with Crippen LogP contribution in [0.1, 0.15) is 6.92 Å². The Hall–Kier alpha value is -2.97. The summed E-state index contributed by atoms with van der Waals surface area (Å²) in [6.07, 6.45) is -1.20. The lowest BCUT2D eigenvalue weighted by atomic mass is 10.2. The van der Waals surface area contributed by atoms with E-state index >= 15 is 0 Å². The van der Waals surface area contributed by atoms with Gasteiger partial charge in [0, 0.05) is 25.7 Å². The number of carboxylic acid groups (broad SMARTS) is 1. The van der Waals surface area contributed by atoms with Crippen molar-refractivity contribution in [2.45, 2.75) is 6.92 Å². The Bertz CT molecular complexity index is 802. The number of fused-ring (bicyclic) bond motifs is 1. The summed E-state index contributed by atoms with van der Waals surface area (Å²) in [6.45, 7) is 1.80. The van der Waals surface area contributed by atoms with E-state index in [1.807, 2.05) is 0 Å². The van der Waals surface area contributed by atoms with Crippen molar-refractivity contribution in [2.24, 2.45) is 7.05 Å². The average Bonchev–Trinajstić information content (AvgIpc) is 2.55. The summed E-state index contributed by atoms with van der Waals surface area (Å²) < 4.78 is 11.8. The van der Waals surface area contributed by atoms with Crippen molar-refractivity contribution in [3.8, 4) is 11.5 Å². The van der Waals surface area contributed by atoms with Gasteiger partial charge in [0.15, 0.2) is 11.5 Å². The Morgan fingerprint density at radius 2 is 1.96 bits per heavy atom. The molecule has 1 heterocycles. The molecule has 1 aromatic heterocycles. The molecule has 124 valence electrons. The molecule has 0 spiro atoms. The third-order valence-electron chi connectivity index (χ3n) is 3.37. The molecule has 0 bridgehead atoms. The Kier molecular flexibility index (Phi) is 4.58. The second-order valence-corrected chi connectivity index (χ2v) is 4.66. The standard InChI is InChI=1S/C14H18N4O5/c1-5-18(14(20)21)16-12-13(19)17(2)9-7-11(23-4)10(22-3)6-8(9)15-12/h6-7H,5H2,1-4H3,(H,15,16)(H,20,21). The van der Waals surface area contributed by atoms with E-state index in [0.29, 0.717) is 22.5 Å². The normalized spacial score (nSPS) is 10.4. The number of hydrogen-bond donors (Lipinski definition) is 2. The molecule has 1 amide bonds. The molecule has 0 fully saturated rings. The highest BCUT2D eigenvalue weighted by atomic mass is 16.5. The smallest absolute Gasteiger partial charge is 0.426 e. The Labute approximate surface area is 132 Å². The molecule has 9 nitrogen and oxygen atoms in total. The number of carbonyl (C=O) groups is 1. The molecule has 2 aromatic rings. The van der Waals surface area contributed by atoms with Gasteiger partial charge < -0.3 is 19.1 Å². The molecule has 1 aromatic carbocycles. The van der Waals surface area contributed by atoms with E-state index in [1.165, 1.54) is 18.8 Å². The third-order valence-corrected chi connectivity index (χ3v) is 3.37. The maximum Gasteiger partial charge on any atom is 0.426 e. The van der Waals surface area contributed by atoms with Gasteiger partial charge in [-0.25, -0.2) is 14.8 Å². The van der Waals surface area contributed by atoms with Gasteiger partial charge in [-0.2, -0.15) is 0 Å². The number of methoxy groups -OCH3 is 2. The predicted molar refractivity (Wildman–Crippen MR) is 84.1 cm³/mol. The molecule has 0 saturated heterocycles. The first-order valence-corrected chi connectivity index (χ1v) is 6.82. The first kappa shape index (κ1) is 16.4. The lowest BCUT2D eigenvalue weighted by molar-refractivity contribution is 0.157. The summed E-state index contributed by atoms with van der Waals surface area (Å²) in [5.74, 6) is 0.845. The molecular weight excluding hydrogens is 304 g/mol. The van der Waals surface area contributed by atoms with Gasteiger partial charge in [-0.3, -0.25) is 10.2 Å². The topological polar surface area (TPSA) is 106 Å². The number of aryl methyl sites for hydroxylation is 1. The molecule has 23 heavy (non-hydrogen) atoms. The third kappa shape index (κ3) is 2.98. The number of nitrogens with zero attached hydrogens (tertiary/aromatic N) is 3. The monoisotopic (exact) mass is 322 g/mol.